The normalized spacial score (nSPS) is 13.8. The van der Waals surface area contributed by atoms with Gasteiger partial charge in [0.25, 0.3) is 0 Å². The number of nitrogens with one attached hydrogen (secondary N) is 1. The molecule has 1 amide bonds. The number of carbonyl (C=O) groups is 1. The molecule has 0 aliphatic rings. The van der Waals surface area contributed by atoms with Gasteiger partial charge in [0.2, 0.25) is 5.91 Å². The van der Waals surface area contributed by atoms with E-state index in [2.05, 4.69) is 54.2 Å². The van der Waals surface area contributed by atoms with E-state index in [1.165, 1.54) is 0 Å². The molecule has 0 radical (unpaired) electrons. The SMILES string of the molecule is CCC(C)(C)CC(O)CNC(=O)C(Cc1ccccc1)Cc1ccc(Br)cc1. The predicted octanol–water partition coefficient (Wildman–Crippen LogP) is 5.15. The van der Waals surface area contributed by atoms with Crippen molar-refractivity contribution in [3.8, 4) is 0 Å². The number of hydrogen-bond donors (Lipinski definition) is 2. The molecule has 2 rings (SSSR count). The molecular weight excluding hydrogens is 414 g/mol. The quantitative estimate of drug-likeness (QED) is 0.530. The highest BCUT2D eigenvalue weighted by molar-refractivity contribution is 9.10. The van der Waals surface area contributed by atoms with Crippen molar-refractivity contribution in [2.24, 2.45) is 11.3 Å². The number of aliphatic hydroxyl groups excluding tert-OH is 1. The first-order chi connectivity index (χ1) is 13.3. The van der Waals surface area contributed by atoms with Crippen LogP contribution >= 0.6 is 15.9 Å². The molecule has 0 saturated carbocycles. The highest BCUT2D eigenvalue weighted by atomic mass is 79.9. The highest BCUT2D eigenvalue weighted by Crippen LogP contribution is 2.26. The number of aliphatic hydroxyl groups is 1. The molecule has 4 heteroatoms. The summed E-state index contributed by atoms with van der Waals surface area (Å²) in [4.78, 5) is 12.9. The lowest BCUT2D eigenvalue weighted by atomic mass is 9.84. The van der Waals surface area contributed by atoms with Gasteiger partial charge in [0, 0.05) is 16.9 Å². The topological polar surface area (TPSA) is 49.3 Å². The Morgan fingerprint density at radius 1 is 1.04 bits per heavy atom. The molecule has 2 atom stereocenters. The first-order valence-corrected chi connectivity index (χ1v) is 10.8. The fourth-order valence-corrected chi connectivity index (χ4v) is 3.54. The van der Waals surface area contributed by atoms with E-state index in [0.29, 0.717) is 25.8 Å². The van der Waals surface area contributed by atoms with Crippen LogP contribution in [0.15, 0.2) is 59.1 Å². The van der Waals surface area contributed by atoms with Crippen LogP contribution < -0.4 is 5.32 Å². The number of carbonyl (C=O) groups excluding carboxylic acids is 1. The summed E-state index contributed by atoms with van der Waals surface area (Å²) in [5.41, 5.74) is 2.35. The first-order valence-electron chi connectivity index (χ1n) is 10.0. The van der Waals surface area contributed by atoms with Crippen molar-refractivity contribution < 1.29 is 9.90 Å². The highest BCUT2D eigenvalue weighted by Gasteiger charge is 2.23. The van der Waals surface area contributed by atoms with Gasteiger partial charge >= 0.3 is 0 Å². The Hall–Kier alpha value is -1.65. The zero-order valence-corrected chi connectivity index (χ0v) is 18.7. The minimum Gasteiger partial charge on any atom is -0.391 e. The zero-order valence-electron chi connectivity index (χ0n) is 17.1. The number of hydrogen-bond acceptors (Lipinski definition) is 2. The molecule has 0 fully saturated rings. The Morgan fingerprint density at radius 2 is 1.61 bits per heavy atom. The van der Waals surface area contributed by atoms with E-state index >= 15 is 0 Å². The van der Waals surface area contributed by atoms with Gasteiger partial charge in [0.15, 0.2) is 0 Å². The molecule has 2 aromatic rings. The van der Waals surface area contributed by atoms with Crippen LogP contribution in [0.3, 0.4) is 0 Å². The Bertz CT molecular complexity index is 728. The van der Waals surface area contributed by atoms with Crippen molar-refractivity contribution in [3.05, 3.63) is 70.2 Å². The summed E-state index contributed by atoms with van der Waals surface area (Å²) in [5.74, 6) is -0.171. The van der Waals surface area contributed by atoms with Crippen LogP contribution in [0.2, 0.25) is 0 Å². The van der Waals surface area contributed by atoms with E-state index in [4.69, 9.17) is 0 Å². The van der Waals surface area contributed by atoms with Crippen molar-refractivity contribution in [1.29, 1.82) is 0 Å². The molecule has 0 spiro atoms. The second-order valence-electron chi connectivity index (χ2n) is 8.34. The van der Waals surface area contributed by atoms with E-state index < -0.39 is 6.10 Å². The molecule has 2 aromatic carbocycles. The second kappa shape index (κ2) is 10.8. The third kappa shape index (κ3) is 7.76. The van der Waals surface area contributed by atoms with Gasteiger partial charge in [0.1, 0.15) is 0 Å². The lowest BCUT2D eigenvalue weighted by molar-refractivity contribution is -0.125. The maximum atomic E-state index is 12.9. The average Bonchev–Trinajstić information content (AvgIpc) is 2.68. The number of amides is 1. The van der Waals surface area contributed by atoms with Crippen LogP contribution in [0.25, 0.3) is 0 Å². The van der Waals surface area contributed by atoms with E-state index in [0.717, 1.165) is 22.0 Å². The van der Waals surface area contributed by atoms with Gasteiger partial charge in [0.05, 0.1) is 6.10 Å². The van der Waals surface area contributed by atoms with Crippen molar-refractivity contribution in [3.63, 3.8) is 0 Å². The molecule has 2 unspecified atom stereocenters. The van der Waals surface area contributed by atoms with Gasteiger partial charge in [-0.1, -0.05) is 85.6 Å². The molecule has 152 valence electrons. The maximum absolute atomic E-state index is 12.9. The molecule has 0 heterocycles. The van der Waals surface area contributed by atoms with Crippen LogP contribution in [-0.4, -0.2) is 23.7 Å². The van der Waals surface area contributed by atoms with Crippen LogP contribution in [0, 0.1) is 11.3 Å². The predicted molar refractivity (Wildman–Crippen MR) is 119 cm³/mol. The molecule has 28 heavy (non-hydrogen) atoms. The monoisotopic (exact) mass is 445 g/mol. The molecular formula is C24H32BrNO2. The Kier molecular flexibility index (Phi) is 8.71. The largest absolute Gasteiger partial charge is 0.391 e. The summed E-state index contributed by atoms with van der Waals surface area (Å²) in [5, 5.41) is 13.3. The number of benzene rings is 2. The summed E-state index contributed by atoms with van der Waals surface area (Å²) in [6, 6.07) is 18.2. The second-order valence-corrected chi connectivity index (χ2v) is 9.25. The molecule has 0 aromatic heterocycles. The Labute approximate surface area is 177 Å². The number of rotatable bonds is 10. The standard InChI is InChI=1S/C24H32BrNO2/c1-4-24(2,3)16-22(27)17-26-23(28)20(14-18-8-6-5-7-9-18)15-19-10-12-21(25)13-11-19/h5-13,20,22,27H,4,14-17H2,1-3H3,(H,26,28). The van der Waals surface area contributed by atoms with Gasteiger partial charge < -0.3 is 10.4 Å². The fraction of sp³-hybridized carbons (Fsp3) is 0.458. The molecule has 0 aliphatic heterocycles. The summed E-state index contributed by atoms with van der Waals surface area (Å²) < 4.78 is 1.03. The van der Waals surface area contributed by atoms with E-state index in [1.54, 1.807) is 0 Å². The zero-order chi connectivity index (χ0) is 20.6. The minimum absolute atomic E-state index is 0.000117. The maximum Gasteiger partial charge on any atom is 0.223 e. The third-order valence-corrected chi connectivity index (χ3v) is 5.88. The Balaban J connectivity index is 2.02. The molecule has 0 bridgehead atoms. The number of halogens is 1. The third-order valence-electron chi connectivity index (χ3n) is 5.35. The van der Waals surface area contributed by atoms with Crippen LogP contribution in [0.1, 0.15) is 44.7 Å². The molecule has 0 saturated heterocycles. The van der Waals surface area contributed by atoms with Crippen LogP contribution in [0.4, 0.5) is 0 Å². The van der Waals surface area contributed by atoms with E-state index in [-0.39, 0.29) is 17.2 Å². The van der Waals surface area contributed by atoms with Gasteiger partial charge in [-0.2, -0.15) is 0 Å². The molecule has 3 nitrogen and oxygen atoms in total. The molecule has 2 N–H and O–H groups in total. The van der Waals surface area contributed by atoms with Crippen LogP contribution in [0.5, 0.6) is 0 Å². The average molecular weight is 446 g/mol. The summed E-state index contributed by atoms with van der Waals surface area (Å²) in [6.45, 7) is 6.71. The summed E-state index contributed by atoms with van der Waals surface area (Å²) in [7, 11) is 0. The Morgan fingerprint density at radius 3 is 2.18 bits per heavy atom. The van der Waals surface area contributed by atoms with Gasteiger partial charge in [-0.05, 0) is 47.9 Å². The van der Waals surface area contributed by atoms with Crippen molar-refractivity contribution in [2.45, 2.75) is 52.6 Å². The smallest absolute Gasteiger partial charge is 0.223 e. The van der Waals surface area contributed by atoms with Crippen molar-refractivity contribution >= 4 is 21.8 Å². The van der Waals surface area contributed by atoms with Crippen molar-refractivity contribution in [1.82, 2.24) is 5.32 Å². The van der Waals surface area contributed by atoms with E-state index in [9.17, 15) is 9.90 Å². The minimum atomic E-state index is -0.524. The molecule has 0 aliphatic carbocycles. The fourth-order valence-electron chi connectivity index (χ4n) is 3.28. The summed E-state index contributed by atoms with van der Waals surface area (Å²) in [6.07, 6.45) is 2.51. The lowest BCUT2D eigenvalue weighted by Gasteiger charge is -2.26. The van der Waals surface area contributed by atoms with Gasteiger partial charge in [-0.15, -0.1) is 0 Å². The van der Waals surface area contributed by atoms with Gasteiger partial charge in [-0.25, -0.2) is 0 Å². The lowest BCUT2D eigenvalue weighted by Crippen LogP contribution is -2.39. The summed E-state index contributed by atoms with van der Waals surface area (Å²) >= 11 is 3.46. The van der Waals surface area contributed by atoms with Crippen molar-refractivity contribution in [2.75, 3.05) is 6.54 Å². The van der Waals surface area contributed by atoms with Gasteiger partial charge in [-0.3, -0.25) is 4.79 Å². The van der Waals surface area contributed by atoms with Crippen LogP contribution in [-0.2, 0) is 17.6 Å². The first kappa shape index (κ1) is 22.6. The van der Waals surface area contributed by atoms with E-state index in [1.807, 2.05) is 42.5 Å².